The summed E-state index contributed by atoms with van der Waals surface area (Å²) in [5.74, 6) is 0.246. The van der Waals surface area contributed by atoms with Crippen molar-refractivity contribution >= 4 is 11.6 Å². The normalized spacial score (nSPS) is 12.4. The molecule has 5 heteroatoms. The zero-order valence-corrected chi connectivity index (χ0v) is 9.23. The summed E-state index contributed by atoms with van der Waals surface area (Å²) in [6, 6.07) is 0. The van der Waals surface area contributed by atoms with Crippen LogP contribution in [0.5, 0.6) is 0 Å². The third-order valence-electron chi connectivity index (χ3n) is 2.30. The minimum absolute atomic E-state index is 0.130. The van der Waals surface area contributed by atoms with Crippen molar-refractivity contribution in [3.8, 4) is 0 Å². The molecule has 84 valence electrons. The van der Waals surface area contributed by atoms with Gasteiger partial charge in [-0.1, -0.05) is 20.3 Å². The van der Waals surface area contributed by atoms with Crippen LogP contribution in [0.25, 0.3) is 0 Å². The SMILES string of the molecule is CCC(C)CNc1cnn(CC(N)=O)c1. The van der Waals surface area contributed by atoms with Crippen molar-refractivity contribution in [2.75, 3.05) is 11.9 Å². The molecule has 0 bridgehead atoms. The maximum Gasteiger partial charge on any atom is 0.239 e. The largest absolute Gasteiger partial charge is 0.382 e. The summed E-state index contributed by atoms with van der Waals surface area (Å²) in [4.78, 5) is 10.6. The van der Waals surface area contributed by atoms with E-state index in [1.165, 1.54) is 4.68 Å². The molecular formula is C10H18N4O. The Labute approximate surface area is 89.6 Å². The number of amides is 1. The Morgan fingerprint density at radius 3 is 3.07 bits per heavy atom. The molecule has 5 nitrogen and oxygen atoms in total. The predicted molar refractivity (Wildman–Crippen MR) is 59.4 cm³/mol. The maximum atomic E-state index is 10.6. The van der Waals surface area contributed by atoms with Gasteiger partial charge in [0.1, 0.15) is 6.54 Å². The lowest BCUT2D eigenvalue weighted by Crippen LogP contribution is -2.18. The van der Waals surface area contributed by atoms with Crippen molar-refractivity contribution in [2.45, 2.75) is 26.8 Å². The minimum Gasteiger partial charge on any atom is -0.382 e. The minimum atomic E-state index is -0.383. The molecule has 1 amide bonds. The van der Waals surface area contributed by atoms with Crippen LogP contribution in [0.4, 0.5) is 5.69 Å². The van der Waals surface area contributed by atoms with Gasteiger partial charge in [-0.3, -0.25) is 9.48 Å². The van der Waals surface area contributed by atoms with E-state index in [2.05, 4.69) is 24.3 Å². The number of hydrogen-bond donors (Lipinski definition) is 2. The zero-order chi connectivity index (χ0) is 11.3. The number of carbonyl (C=O) groups is 1. The molecule has 0 saturated carbocycles. The quantitative estimate of drug-likeness (QED) is 0.730. The molecule has 1 atom stereocenters. The van der Waals surface area contributed by atoms with Crippen LogP contribution in [0.1, 0.15) is 20.3 Å². The van der Waals surface area contributed by atoms with Gasteiger partial charge >= 0.3 is 0 Å². The number of nitrogens with one attached hydrogen (secondary N) is 1. The van der Waals surface area contributed by atoms with E-state index in [0.29, 0.717) is 5.92 Å². The molecule has 0 aliphatic carbocycles. The number of anilines is 1. The van der Waals surface area contributed by atoms with Gasteiger partial charge in [-0.2, -0.15) is 5.10 Å². The van der Waals surface area contributed by atoms with Crippen LogP contribution in [0.2, 0.25) is 0 Å². The maximum absolute atomic E-state index is 10.6. The number of carbonyl (C=O) groups excluding carboxylic acids is 1. The monoisotopic (exact) mass is 210 g/mol. The van der Waals surface area contributed by atoms with Gasteiger partial charge in [0, 0.05) is 12.7 Å². The van der Waals surface area contributed by atoms with E-state index >= 15 is 0 Å². The molecule has 0 fully saturated rings. The summed E-state index contributed by atoms with van der Waals surface area (Å²) in [7, 11) is 0. The van der Waals surface area contributed by atoms with Crippen molar-refractivity contribution in [1.82, 2.24) is 9.78 Å². The Morgan fingerprint density at radius 1 is 1.73 bits per heavy atom. The van der Waals surface area contributed by atoms with Crippen molar-refractivity contribution in [2.24, 2.45) is 11.7 Å². The van der Waals surface area contributed by atoms with E-state index in [1.54, 1.807) is 12.4 Å². The molecule has 0 aromatic carbocycles. The molecule has 1 aromatic rings. The Hall–Kier alpha value is -1.52. The first-order valence-corrected chi connectivity index (χ1v) is 5.16. The molecular weight excluding hydrogens is 192 g/mol. The van der Waals surface area contributed by atoms with Gasteiger partial charge in [0.25, 0.3) is 0 Å². The molecule has 0 aliphatic heterocycles. The first-order valence-electron chi connectivity index (χ1n) is 5.16. The lowest BCUT2D eigenvalue weighted by Gasteiger charge is -2.08. The van der Waals surface area contributed by atoms with Gasteiger partial charge < -0.3 is 11.1 Å². The van der Waals surface area contributed by atoms with Crippen LogP contribution < -0.4 is 11.1 Å². The average molecular weight is 210 g/mol. The van der Waals surface area contributed by atoms with Crippen LogP contribution in [0.3, 0.4) is 0 Å². The van der Waals surface area contributed by atoms with Crippen molar-refractivity contribution in [1.29, 1.82) is 0 Å². The third-order valence-corrected chi connectivity index (χ3v) is 2.30. The molecule has 1 aromatic heterocycles. The highest BCUT2D eigenvalue weighted by Gasteiger charge is 2.02. The topological polar surface area (TPSA) is 72.9 Å². The second kappa shape index (κ2) is 5.38. The number of hydrogen-bond acceptors (Lipinski definition) is 3. The molecule has 0 spiro atoms. The Bertz CT molecular complexity index is 321. The first kappa shape index (κ1) is 11.6. The van der Waals surface area contributed by atoms with Crippen molar-refractivity contribution < 1.29 is 4.79 Å². The molecule has 3 N–H and O–H groups in total. The van der Waals surface area contributed by atoms with Gasteiger partial charge in [-0.15, -0.1) is 0 Å². The van der Waals surface area contributed by atoms with Crippen LogP contribution in [0, 0.1) is 5.92 Å². The lowest BCUT2D eigenvalue weighted by molar-refractivity contribution is -0.118. The zero-order valence-electron chi connectivity index (χ0n) is 9.23. The summed E-state index contributed by atoms with van der Waals surface area (Å²) in [6.45, 7) is 5.38. The first-order chi connectivity index (χ1) is 7.11. The van der Waals surface area contributed by atoms with E-state index in [0.717, 1.165) is 18.7 Å². The van der Waals surface area contributed by atoms with E-state index in [9.17, 15) is 4.79 Å². The Balaban J connectivity index is 2.42. The van der Waals surface area contributed by atoms with Crippen LogP contribution in [0.15, 0.2) is 12.4 Å². The van der Waals surface area contributed by atoms with Crippen LogP contribution >= 0.6 is 0 Å². The summed E-state index contributed by atoms with van der Waals surface area (Å²) in [5, 5.41) is 7.27. The van der Waals surface area contributed by atoms with Gasteiger partial charge in [0.05, 0.1) is 11.9 Å². The third kappa shape index (κ3) is 4.01. The molecule has 15 heavy (non-hydrogen) atoms. The van der Waals surface area contributed by atoms with Crippen LogP contribution in [-0.2, 0) is 11.3 Å². The second-order valence-electron chi connectivity index (χ2n) is 3.79. The molecule has 1 rings (SSSR count). The second-order valence-corrected chi connectivity index (χ2v) is 3.79. The standard InChI is InChI=1S/C10H18N4O/c1-3-8(2)4-12-9-5-13-14(6-9)7-10(11)15/h5-6,8,12H,3-4,7H2,1-2H3,(H2,11,15). The molecule has 0 radical (unpaired) electrons. The number of rotatable bonds is 6. The fourth-order valence-electron chi connectivity index (χ4n) is 1.14. The molecule has 0 aliphatic rings. The molecule has 1 unspecified atom stereocenters. The lowest BCUT2D eigenvalue weighted by atomic mass is 10.1. The highest BCUT2D eigenvalue weighted by molar-refractivity contribution is 5.73. The van der Waals surface area contributed by atoms with Crippen molar-refractivity contribution in [3.63, 3.8) is 0 Å². The fraction of sp³-hybridized carbons (Fsp3) is 0.600. The molecule has 1 heterocycles. The average Bonchev–Trinajstić information content (AvgIpc) is 2.61. The molecule has 0 saturated heterocycles. The van der Waals surface area contributed by atoms with Gasteiger partial charge in [-0.25, -0.2) is 0 Å². The summed E-state index contributed by atoms with van der Waals surface area (Å²) >= 11 is 0. The van der Waals surface area contributed by atoms with Gasteiger partial charge in [0.2, 0.25) is 5.91 Å². The van der Waals surface area contributed by atoms with Gasteiger partial charge in [0.15, 0.2) is 0 Å². The number of aromatic nitrogens is 2. The summed E-state index contributed by atoms with van der Waals surface area (Å²) in [5.41, 5.74) is 5.98. The highest BCUT2D eigenvalue weighted by atomic mass is 16.1. The highest BCUT2D eigenvalue weighted by Crippen LogP contribution is 2.07. The smallest absolute Gasteiger partial charge is 0.239 e. The Morgan fingerprint density at radius 2 is 2.47 bits per heavy atom. The number of nitrogens with two attached hydrogens (primary N) is 1. The number of primary amides is 1. The van der Waals surface area contributed by atoms with Gasteiger partial charge in [-0.05, 0) is 5.92 Å². The Kier molecular flexibility index (Phi) is 4.15. The van der Waals surface area contributed by atoms with Crippen LogP contribution in [-0.4, -0.2) is 22.2 Å². The van der Waals surface area contributed by atoms with E-state index in [1.807, 2.05) is 0 Å². The van der Waals surface area contributed by atoms with E-state index in [-0.39, 0.29) is 12.5 Å². The van der Waals surface area contributed by atoms with E-state index in [4.69, 9.17) is 5.73 Å². The van der Waals surface area contributed by atoms with E-state index < -0.39 is 0 Å². The number of nitrogens with zero attached hydrogens (tertiary/aromatic N) is 2. The summed E-state index contributed by atoms with van der Waals surface area (Å²) < 4.78 is 1.53. The summed E-state index contributed by atoms with van der Waals surface area (Å²) in [6.07, 6.45) is 4.63. The van der Waals surface area contributed by atoms with Crippen molar-refractivity contribution in [3.05, 3.63) is 12.4 Å². The predicted octanol–water partition coefficient (Wildman–Crippen LogP) is 0.826. The fourth-order valence-corrected chi connectivity index (χ4v) is 1.14.